The Hall–Kier alpha value is -1.76. The fourth-order valence-corrected chi connectivity index (χ4v) is 13.9. The molecule has 0 aromatic heterocycles. The predicted molar refractivity (Wildman–Crippen MR) is 199 cm³/mol. The highest BCUT2D eigenvalue weighted by atomic mass is 16.7. The number of rotatable bonds is 7. The van der Waals surface area contributed by atoms with Gasteiger partial charge >= 0.3 is 11.9 Å². The summed E-state index contributed by atoms with van der Waals surface area (Å²) in [4.78, 5) is 28.8. The molecule has 9 N–H and O–H groups in total. The number of hydrogen-bond donors (Lipinski definition) is 9. The zero-order chi connectivity index (χ0) is 41.8. The van der Waals surface area contributed by atoms with Crippen LogP contribution >= 0.6 is 0 Å². The first-order chi connectivity index (χ1) is 26.7. The number of allylic oxidation sites excluding steroid dienone is 1. The fraction of sp³-hybridized carbons (Fsp3) is 0.905. The molecule has 4 saturated carbocycles. The molecular formula is C42H66O15. The molecule has 2 saturated heterocycles. The Kier molecular flexibility index (Phi) is 11.4. The average molecular weight is 811 g/mol. The maximum absolute atomic E-state index is 15.4. The zero-order valence-corrected chi connectivity index (χ0v) is 34.1. The molecule has 0 aromatic rings. The van der Waals surface area contributed by atoms with Gasteiger partial charge in [-0.25, -0.2) is 0 Å². The lowest BCUT2D eigenvalue weighted by Crippen LogP contribution is -2.69. The van der Waals surface area contributed by atoms with Crippen molar-refractivity contribution in [2.45, 2.75) is 167 Å². The van der Waals surface area contributed by atoms with Gasteiger partial charge in [-0.15, -0.1) is 0 Å². The molecule has 2 unspecified atom stereocenters. The SMILES string of the molecule is C[C@H]1[C@H](C)CC[C@]2(C(=O)O)CC[C@]3(C(=O)OC4O[C@H](CO)[C@@H](O)[C@H](O)[C@H]4O)C(=CC[C@H]4[C@@]5(C)CC[C@H](O[C@@H]6O[C@H](CO)[C@@H](O)[C@H](O)[C@H]6O)C(C)(C)C5CC[C@]43C)[C@H]12. The number of aliphatic carboxylic acids is 1. The second-order valence-corrected chi connectivity index (χ2v) is 20.0. The van der Waals surface area contributed by atoms with E-state index in [1.165, 1.54) is 0 Å². The lowest BCUT2D eigenvalue weighted by Gasteiger charge is -2.71. The van der Waals surface area contributed by atoms with Crippen LogP contribution in [0, 0.1) is 56.7 Å². The van der Waals surface area contributed by atoms with Gasteiger partial charge in [-0.3, -0.25) is 9.59 Å². The van der Waals surface area contributed by atoms with Gasteiger partial charge in [0.05, 0.1) is 30.1 Å². The van der Waals surface area contributed by atoms with Gasteiger partial charge in [-0.2, -0.15) is 0 Å². The van der Waals surface area contributed by atoms with E-state index >= 15 is 4.79 Å². The Balaban J connectivity index is 1.27. The van der Waals surface area contributed by atoms with E-state index < -0.39 is 120 Å². The summed E-state index contributed by atoms with van der Waals surface area (Å²) in [5.74, 6) is -1.94. The third kappa shape index (κ3) is 6.14. The van der Waals surface area contributed by atoms with Crippen LogP contribution in [0.15, 0.2) is 11.6 Å². The summed E-state index contributed by atoms with van der Waals surface area (Å²) in [6, 6.07) is 0. The second kappa shape index (κ2) is 15.0. The number of aliphatic hydroxyl groups excluding tert-OH is 8. The summed E-state index contributed by atoms with van der Waals surface area (Å²) in [6.45, 7) is 11.6. The summed E-state index contributed by atoms with van der Waals surface area (Å²) in [7, 11) is 0. The third-order valence-electron chi connectivity index (χ3n) is 17.4. The number of carboxylic acids is 1. The first-order valence-corrected chi connectivity index (χ1v) is 21.1. The van der Waals surface area contributed by atoms with Crippen molar-refractivity contribution in [1.82, 2.24) is 0 Å². The number of hydrogen-bond acceptors (Lipinski definition) is 14. The molecule has 2 aliphatic heterocycles. The number of carbonyl (C=O) groups excluding carboxylic acids is 1. The number of esters is 1. The van der Waals surface area contributed by atoms with Crippen LogP contribution in [0.2, 0.25) is 0 Å². The van der Waals surface area contributed by atoms with Crippen molar-refractivity contribution in [1.29, 1.82) is 0 Å². The summed E-state index contributed by atoms with van der Waals surface area (Å²) in [5, 5.41) is 94.6. The van der Waals surface area contributed by atoms with Gasteiger partial charge in [-0.1, -0.05) is 53.2 Å². The summed E-state index contributed by atoms with van der Waals surface area (Å²) in [6.07, 6.45) is -8.78. The summed E-state index contributed by atoms with van der Waals surface area (Å²) < 4.78 is 24.1. The van der Waals surface area contributed by atoms with Crippen LogP contribution in [0.25, 0.3) is 0 Å². The number of fused-ring (bicyclic) bond motifs is 7. The molecular weight excluding hydrogens is 744 g/mol. The maximum Gasteiger partial charge on any atom is 0.319 e. The smallest absolute Gasteiger partial charge is 0.319 e. The molecule has 0 bridgehead atoms. The Morgan fingerprint density at radius 1 is 0.737 bits per heavy atom. The van der Waals surface area contributed by atoms with Crippen molar-refractivity contribution >= 4 is 11.9 Å². The molecule has 0 aromatic carbocycles. The molecule has 6 fully saturated rings. The molecule has 5 aliphatic carbocycles. The average Bonchev–Trinajstić information content (AvgIpc) is 3.16. The Morgan fingerprint density at radius 3 is 1.93 bits per heavy atom. The Bertz CT molecular complexity index is 1570. The van der Waals surface area contributed by atoms with Crippen molar-refractivity contribution in [3.63, 3.8) is 0 Å². The molecule has 7 rings (SSSR count). The van der Waals surface area contributed by atoms with Crippen LogP contribution in [-0.4, -0.2) is 139 Å². The number of aliphatic hydroxyl groups is 8. The second-order valence-electron chi connectivity index (χ2n) is 20.0. The number of ether oxygens (including phenoxy) is 4. The normalized spacial score (nSPS) is 53.3. The molecule has 324 valence electrons. The fourth-order valence-electron chi connectivity index (χ4n) is 13.9. The highest BCUT2D eigenvalue weighted by molar-refractivity contribution is 5.85. The zero-order valence-electron chi connectivity index (χ0n) is 34.1. The van der Waals surface area contributed by atoms with E-state index in [9.17, 15) is 50.8 Å². The quantitative estimate of drug-likeness (QED) is 0.0997. The molecule has 0 amide bonds. The van der Waals surface area contributed by atoms with Crippen LogP contribution in [0.4, 0.5) is 0 Å². The van der Waals surface area contributed by atoms with Gasteiger partial charge in [-0.05, 0) is 104 Å². The van der Waals surface area contributed by atoms with E-state index in [4.69, 9.17) is 18.9 Å². The van der Waals surface area contributed by atoms with Gasteiger partial charge in [0.1, 0.15) is 48.8 Å². The highest BCUT2D eigenvalue weighted by Gasteiger charge is 2.74. The minimum absolute atomic E-state index is 0.0375. The van der Waals surface area contributed by atoms with Crippen molar-refractivity contribution in [2.24, 2.45) is 56.7 Å². The number of carbonyl (C=O) groups is 2. The van der Waals surface area contributed by atoms with Crippen LogP contribution in [0.5, 0.6) is 0 Å². The van der Waals surface area contributed by atoms with E-state index in [0.29, 0.717) is 38.5 Å². The molecule has 20 atom stereocenters. The summed E-state index contributed by atoms with van der Waals surface area (Å²) in [5.41, 5.74) is -3.29. The van der Waals surface area contributed by atoms with E-state index in [2.05, 4.69) is 47.6 Å². The molecule has 2 heterocycles. The molecule has 0 radical (unpaired) electrons. The van der Waals surface area contributed by atoms with Crippen molar-refractivity contribution in [2.75, 3.05) is 13.2 Å². The van der Waals surface area contributed by atoms with Gasteiger partial charge < -0.3 is 64.9 Å². The standard InChI is InChI=1S/C42H66O15/c1-19-9-14-41(36(51)52)15-16-42(37(53)57-35-33(50)31(48)29(46)23(18-44)55-35)21(27(41)20(19)2)7-8-25-39(5)12-11-26(38(3,4)24(39)10-13-40(25,42)6)56-34-32(49)30(47)28(45)22(17-43)54-34/h7,19-20,22-35,43-50H,8-18H2,1-6H3,(H,51,52)/t19-,20+,22-,23-,24?,25+,26+,27+,28-,29-,30+,31+,32-,33-,34+,35?,39+,40-,41+,42-/m1/s1. The minimum Gasteiger partial charge on any atom is -0.481 e. The van der Waals surface area contributed by atoms with Gasteiger partial charge in [0, 0.05) is 0 Å². The van der Waals surface area contributed by atoms with Crippen molar-refractivity contribution in [3.8, 4) is 0 Å². The predicted octanol–water partition coefficient (Wildman–Crippen LogP) is 1.24. The third-order valence-corrected chi connectivity index (χ3v) is 17.4. The highest BCUT2D eigenvalue weighted by Crippen LogP contribution is 2.76. The van der Waals surface area contributed by atoms with Crippen LogP contribution in [0.1, 0.15) is 99.3 Å². The molecule has 15 heteroatoms. The largest absolute Gasteiger partial charge is 0.481 e. The molecule has 15 nitrogen and oxygen atoms in total. The van der Waals surface area contributed by atoms with E-state index in [1.807, 2.05) is 0 Å². The monoisotopic (exact) mass is 810 g/mol. The topological polar surface area (TPSA) is 253 Å². The summed E-state index contributed by atoms with van der Waals surface area (Å²) >= 11 is 0. The van der Waals surface area contributed by atoms with E-state index in [0.717, 1.165) is 12.0 Å². The van der Waals surface area contributed by atoms with Crippen molar-refractivity contribution < 1.29 is 74.5 Å². The van der Waals surface area contributed by atoms with Gasteiger partial charge in [0.25, 0.3) is 0 Å². The first-order valence-electron chi connectivity index (χ1n) is 21.1. The Morgan fingerprint density at radius 2 is 1.33 bits per heavy atom. The Labute approximate surface area is 334 Å². The van der Waals surface area contributed by atoms with Crippen LogP contribution in [-0.2, 0) is 28.5 Å². The lowest BCUT2D eigenvalue weighted by atomic mass is 9.33. The maximum atomic E-state index is 15.4. The number of carboxylic acid groups (broad SMARTS) is 1. The molecule has 57 heavy (non-hydrogen) atoms. The van der Waals surface area contributed by atoms with Crippen LogP contribution in [0.3, 0.4) is 0 Å². The van der Waals surface area contributed by atoms with Crippen molar-refractivity contribution in [3.05, 3.63) is 11.6 Å². The first kappa shape index (κ1) is 43.3. The molecule has 7 aliphatic rings. The van der Waals surface area contributed by atoms with E-state index in [-0.39, 0.29) is 41.9 Å². The minimum atomic E-state index is -1.80. The van der Waals surface area contributed by atoms with E-state index in [1.54, 1.807) is 0 Å². The van der Waals surface area contributed by atoms with Gasteiger partial charge in [0.15, 0.2) is 6.29 Å². The molecule has 0 spiro atoms. The van der Waals surface area contributed by atoms with Crippen LogP contribution < -0.4 is 0 Å². The van der Waals surface area contributed by atoms with Gasteiger partial charge in [0.2, 0.25) is 6.29 Å². The lowest BCUT2D eigenvalue weighted by molar-refractivity contribution is -0.330.